The third-order valence-corrected chi connectivity index (χ3v) is 7.04. The van der Waals surface area contributed by atoms with Crippen molar-refractivity contribution in [2.24, 2.45) is 5.10 Å². The van der Waals surface area contributed by atoms with Crippen LogP contribution in [0.15, 0.2) is 82.8 Å². The van der Waals surface area contributed by atoms with E-state index in [0.29, 0.717) is 23.6 Å². The molecule has 1 aliphatic heterocycles. The maximum atomic E-state index is 13.6. The highest BCUT2D eigenvalue weighted by Gasteiger charge is 2.39. The summed E-state index contributed by atoms with van der Waals surface area (Å²) in [6, 6.07) is 21.3. The summed E-state index contributed by atoms with van der Waals surface area (Å²) in [7, 11) is -0.737. The Morgan fingerprint density at radius 1 is 0.935 bits per heavy atom. The van der Waals surface area contributed by atoms with Crippen molar-refractivity contribution in [2.75, 3.05) is 14.2 Å². The highest BCUT2D eigenvalue weighted by Crippen LogP contribution is 2.41. The molecule has 0 amide bonds. The lowest BCUT2D eigenvalue weighted by Gasteiger charge is -2.25. The molecule has 0 spiro atoms. The molecule has 0 radical (unpaired) electrons. The SMILES string of the molecule is COc1ccc([C@H]2CC(c3ccccc3)=NN2S(=O)(=O)c2ccc(C)cc2)c(OC)c1. The first-order valence-electron chi connectivity index (χ1n) is 9.90. The van der Waals surface area contributed by atoms with Gasteiger partial charge >= 0.3 is 0 Å². The predicted octanol–water partition coefficient (Wildman–Crippen LogP) is 4.55. The van der Waals surface area contributed by atoms with Crippen molar-refractivity contribution >= 4 is 15.7 Å². The molecule has 160 valence electrons. The number of hydrogen-bond donors (Lipinski definition) is 0. The molecular weight excluding hydrogens is 412 g/mol. The molecule has 0 saturated carbocycles. The van der Waals surface area contributed by atoms with E-state index >= 15 is 0 Å². The van der Waals surface area contributed by atoms with Crippen molar-refractivity contribution in [3.05, 3.63) is 89.5 Å². The first-order valence-corrected chi connectivity index (χ1v) is 11.3. The van der Waals surface area contributed by atoms with Crippen LogP contribution in [-0.4, -0.2) is 32.8 Å². The topological polar surface area (TPSA) is 68.2 Å². The number of ether oxygens (including phenoxy) is 2. The molecule has 1 heterocycles. The zero-order valence-corrected chi connectivity index (χ0v) is 18.5. The van der Waals surface area contributed by atoms with Gasteiger partial charge in [0.05, 0.1) is 30.9 Å². The normalized spacial score (nSPS) is 16.2. The van der Waals surface area contributed by atoms with E-state index in [1.807, 2.05) is 43.3 Å². The van der Waals surface area contributed by atoms with E-state index in [1.165, 1.54) is 4.41 Å². The third kappa shape index (κ3) is 4.01. The minimum absolute atomic E-state index is 0.202. The van der Waals surface area contributed by atoms with Crippen molar-refractivity contribution in [1.82, 2.24) is 4.41 Å². The molecule has 0 N–H and O–H groups in total. The summed E-state index contributed by atoms with van der Waals surface area (Å²) in [5.74, 6) is 1.19. The van der Waals surface area contributed by atoms with Crippen molar-refractivity contribution in [2.45, 2.75) is 24.3 Å². The Bertz CT molecular complexity index is 1210. The first-order chi connectivity index (χ1) is 14.9. The fraction of sp³-hybridized carbons (Fsp3) is 0.208. The van der Waals surface area contributed by atoms with Crippen LogP contribution in [0.5, 0.6) is 11.5 Å². The standard InChI is InChI=1S/C24H24N2O4S/c1-17-9-12-20(13-10-17)31(27,28)26-23(16-22(25-26)18-7-5-4-6-8-18)21-14-11-19(29-2)15-24(21)30-3/h4-15,23H,16H2,1-3H3/t23-/m1/s1. The number of sulfonamides is 1. The smallest absolute Gasteiger partial charge is 0.279 e. The zero-order chi connectivity index (χ0) is 22.0. The lowest BCUT2D eigenvalue weighted by Crippen LogP contribution is -2.27. The lowest BCUT2D eigenvalue weighted by molar-refractivity contribution is 0.347. The number of benzene rings is 3. The van der Waals surface area contributed by atoms with Gasteiger partial charge in [-0.3, -0.25) is 0 Å². The third-order valence-electron chi connectivity index (χ3n) is 5.34. The number of nitrogens with zero attached hydrogens (tertiary/aromatic N) is 2. The summed E-state index contributed by atoms with van der Waals surface area (Å²) < 4.78 is 39.2. The van der Waals surface area contributed by atoms with Crippen LogP contribution in [0.1, 0.15) is 29.2 Å². The maximum absolute atomic E-state index is 13.6. The predicted molar refractivity (Wildman–Crippen MR) is 120 cm³/mol. The second kappa shape index (κ2) is 8.43. The van der Waals surface area contributed by atoms with E-state index in [4.69, 9.17) is 9.47 Å². The van der Waals surface area contributed by atoms with Crippen molar-refractivity contribution < 1.29 is 17.9 Å². The molecule has 0 unspecified atom stereocenters. The molecule has 0 saturated heterocycles. The Labute approximate surface area is 182 Å². The van der Waals surface area contributed by atoms with Gasteiger partial charge in [0.25, 0.3) is 10.0 Å². The molecule has 4 rings (SSSR count). The van der Waals surface area contributed by atoms with E-state index in [9.17, 15) is 8.42 Å². The molecule has 3 aromatic rings. The number of rotatable bonds is 6. The van der Waals surface area contributed by atoms with E-state index in [-0.39, 0.29) is 4.90 Å². The van der Waals surface area contributed by atoms with Gasteiger partial charge in [-0.1, -0.05) is 48.0 Å². The van der Waals surface area contributed by atoms with E-state index in [0.717, 1.165) is 16.7 Å². The van der Waals surface area contributed by atoms with Gasteiger partial charge in [0.2, 0.25) is 0 Å². The van der Waals surface area contributed by atoms with Gasteiger partial charge in [0.15, 0.2) is 0 Å². The largest absolute Gasteiger partial charge is 0.497 e. The number of hydrazone groups is 1. The summed E-state index contributed by atoms with van der Waals surface area (Å²) in [5, 5.41) is 4.58. The van der Waals surface area contributed by atoms with Crippen LogP contribution in [0.4, 0.5) is 0 Å². The Balaban J connectivity index is 1.83. The summed E-state index contributed by atoms with van der Waals surface area (Å²) in [6.45, 7) is 1.92. The molecule has 0 aliphatic carbocycles. The monoisotopic (exact) mass is 436 g/mol. The fourth-order valence-electron chi connectivity index (χ4n) is 3.66. The van der Waals surface area contributed by atoms with Crippen LogP contribution in [0.2, 0.25) is 0 Å². The minimum Gasteiger partial charge on any atom is -0.497 e. The molecule has 31 heavy (non-hydrogen) atoms. The number of hydrogen-bond acceptors (Lipinski definition) is 5. The van der Waals surface area contributed by atoms with Gasteiger partial charge in [-0.15, -0.1) is 0 Å². The second-order valence-corrected chi connectivity index (χ2v) is 9.13. The Morgan fingerprint density at radius 3 is 2.29 bits per heavy atom. The van der Waals surface area contributed by atoms with Gasteiger partial charge in [0.1, 0.15) is 11.5 Å². The van der Waals surface area contributed by atoms with Gasteiger partial charge in [-0.2, -0.15) is 17.9 Å². The lowest BCUT2D eigenvalue weighted by atomic mass is 9.98. The van der Waals surface area contributed by atoms with Crippen LogP contribution in [0, 0.1) is 6.92 Å². The van der Waals surface area contributed by atoms with Crippen LogP contribution < -0.4 is 9.47 Å². The number of methoxy groups -OCH3 is 2. The molecular formula is C24H24N2O4S. The summed E-state index contributed by atoms with van der Waals surface area (Å²) in [6.07, 6.45) is 0.428. The van der Waals surface area contributed by atoms with Gasteiger partial charge in [-0.25, -0.2) is 0 Å². The molecule has 7 heteroatoms. The average molecular weight is 437 g/mol. The quantitative estimate of drug-likeness (QED) is 0.568. The molecule has 3 aromatic carbocycles. The molecule has 0 aromatic heterocycles. The fourth-order valence-corrected chi connectivity index (χ4v) is 5.08. The molecule has 1 aliphatic rings. The van der Waals surface area contributed by atoms with Crippen LogP contribution in [0.3, 0.4) is 0 Å². The van der Waals surface area contributed by atoms with Crippen LogP contribution in [-0.2, 0) is 10.0 Å². The van der Waals surface area contributed by atoms with Crippen LogP contribution in [0.25, 0.3) is 0 Å². The van der Waals surface area contributed by atoms with E-state index < -0.39 is 16.1 Å². The summed E-state index contributed by atoms with van der Waals surface area (Å²) in [4.78, 5) is 0.202. The first kappa shape index (κ1) is 20.9. The molecule has 0 bridgehead atoms. The van der Waals surface area contributed by atoms with Crippen LogP contribution >= 0.6 is 0 Å². The molecule has 1 atom stereocenters. The Hall–Kier alpha value is -3.32. The Kier molecular flexibility index (Phi) is 5.69. The van der Waals surface area contributed by atoms with Crippen molar-refractivity contribution in [3.8, 4) is 11.5 Å². The summed E-state index contributed by atoms with van der Waals surface area (Å²) in [5.41, 5.74) is 3.32. The highest BCUT2D eigenvalue weighted by molar-refractivity contribution is 7.89. The van der Waals surface area contributed by atoms with Gasteiger partial charge < -0.3 is 9.47 Å². The summed E-state index contributed by atoms with van der Waals surface area (Å²) >= 11 is 0. The van der Waals surface area contributed by atoms with Crippen molar-refractivity contribution in [3.63, 3.8) is 0 Å². The number of aryl methyl sites for hydroxylation is 1. The molecule has 0 fully saturated rings. The van der Waals surface area contributed by atoms with Gasteiger partial charge in [-0.05, 0) is 36.8 Å². The maximum Gasteiger partial charge on any atom is 0.279 e. The second-order valence-electron chi connectivity index (χ2n) is 7.33. The zero-order valence-electron chi connectivity index (χ0n) is 17.6. The minimum atomic E-state index is -3.88. The average Bonchev–Trinajstić information content (AvgIpc) is 3.25. The Morgan fingerprint density at radius 2 is 1.65 bits per heavy atom. The molecule has 6 nitrogen and oxygen atoms in total. The highest BCUT2D eigenvalue weighted by atomic mass is 32.2. The van der Waals surface area contributed by atoms with E-state index in [1.54, 1.807) is 50.6 Å². The van der Waals surface area contributed by atoms with E-state index in [2.05, 4.69) is 5.10 Å². The van der Waals surface area contributed by atoms with Gasteiger partial charge in [0, 0.05) is 18.1 Å². The van der Waals surface area contributed by atoms with Crippen molar-refractivity contribution in [1.29, 1.82) is 0 Å².